The van der Waals surface area contributed by atoms with Gasteiger partial charge in [0.15, 0.2) is 12.2 Å². The molecular weight excluding hydrogens is 438 g/mol. The Morgan fingerprint density at radius 3 is 2.85 bits per heavy atom. The molecule has 0 spiro atoms. The molecule has 10 nitrogen and oxygen atoms in total. The zero-order valence-electron chi connectivity index (χ0n) is 19.0. The Labute approximate surface area is 197 Å². The highest BCUT2D eigenvalue weighted by atomic mass is 16.5. The van der Waals surface area contributed by atoms with Gasteiger partial charge in [-0.3, -0.25) is 19.4 Å². The first-order chi connectivity index (χ1) is 16.2. The van der Waals surface area contributed by atoms with Crippen molar-refractivity contribution in [3.8, 4) is 0 Å². The topological polar surface area (TPSA) is 138 Å². The summed E-state index contributed by atoms with van der Waals surface area (Å²) in [4.78, 5) is 45.0. The maximum Gasteiger partial charge on any atom is 0.259 e. The van der Waals surface area contributed by atoms with E-state index in [1.54, 1.807) is 50.5 Å². The van der Waals surface area contributed by atoms with Gasteiger partial charge in [0.2, 0.25) is 5.91 Å². The predicted octanol–water partition coefficient (Wildman–Crippen LogP) is 0.268. The molecule has 178 valence electrons. The standard InChI is InChI=1S/C24H27N5O5/c1-28(2)19(30)11-14-4-3-5-17(10-14)29-8-9-34-21(24(29)33)20(31)23(32)27-16-6-7-18-15(12-16)13-26-22(18)25/h3-7,10,12,20-21,31H,8-9,11,13H2,1-2H3,(H2,25,26)(H,27,32)/t20-,21-/m1/s1. The number of nitrogens with one attached hydrogen (secondary N) is 1. The Balaban J connectivity index is 1.44. The maximum atomic E-state index is 13.1. The van der Waals surface area contributed by atoms with Gasteiger partial charge in [0.05, 0.1) is 19.6 Å². The number of amidine groups is 1. The summed E-state index contributed by atoms with van der Waals surface area (Å²) < 4.78 is 5.48. The van der Waals surface area contributed by atoms with Crippen molar-refractivity contribution in [1.29, 1.82) is 0 Å². The molecule has 4 rings (SSSR count). The van der Waals surface area contributed by atoms with Gasteiger partial charge in [0.25, 0.3) is 11.8 Å². The number of nitrogens with zero attached hydrogens (tertiary/aromatic N) is 3. The number of likely N-dealkylation sites (N-methyl/N-ethyl adjacent to an activating group) is 1. The lowest BCUT2D eigenvalue weighted by Crippen LogP contribution is -2.55. The van der Waals surface area contributed by atoms with Crippen molar-refractivity contribution in [2.75, 3.05) is 37.5 Å². The van der Waals surface area contributed by atoms with Crippen LogP contribution in [0.25, 0.3) is 0 Å². The Morgan fingerprint density at radius 2 is 2.09 bits per heavy atom. The Hall–Kier alpha value is -3.76. The predicted molar refractivity (Wildman–Crippen MR) is 126 cm³/mol. The van der Waals surface area contributed by atoms with E-state index in [1.807, 2.05) is 6.07 Å². The van der Waals surface area contributed by atoms with Crippen molar-refractivity contribution < 1.29 is 24.2 Å². The zero-order chi connectivity index (χ0) is 24.4. The highest BCUT2D eigenvalue weighted by Gasteiger charge is 2.39. The number of anilines is 2. The van der Waals surface area contributed by atoms with Crippen LogP contribution in [0.2, 0.25) is 0 Å². The lowest BCUT2D eigenvalue weighted by Gasteiger charge is -2.34. The highest BCUT2D eigenvalue weighted by molar-refractivity contribution is 6.05. The summed E-state index contributed by atoms with van der Waals surface area (Å²) in [5, 5.41) is 13.3. The minimum absolute atomic E-state index is 0.0590. The number of ether oxygens (including phenoxy) is 1. The number of amides is 3. The molecule has 0 radical (unpaired) electrons. The van der Waals surface area contributed by atoms with Crippen LogP contribution in [-0.4, -0.2) is 73.0 Å². The molecule has 1 fully saturated rings. The second kappa shape index (κ2) is 9.62. The fourth-order valence-electron chi connectivity index (χ4n) is 3.92. The number of fused-ring (bicyclic) bond motifs is 1. The van der Waals surface area contributed by atoms with E-state index in [2.05, 4.69) is 10.3 Å². The van der Waals surface area contributed by atoms with Crippen LogP contribution in [-0.2, 0) is 32.1 Å². The molecule has 2 aromatic carbocycles. The number of rotatable bonds is 6. The summed E-state index contributed by atoms with van der Waals surface area (Å²) in [5.74, 6) is -0.891. The number of hydrogen-bond acceptors (Lipinski definition) is 7. The Morgan fingerprint density at radius 1 is 1.29 bits per heavy atom. The van der Waals surface area contributed by atoms with E-state index < -0.39 is 24.0 Å². The lowest BCUT2D eigenvalue weighted by molar-refractivity contribution is -0.150. The van der Waals surface area contributed by atoms with Crippen molar-refractivity contribution in [3.63, 3.8) is 0 Å². The number of carbonyl (C=O) groups is 3. The molecule has 2 aliphatic heterocycles. The Bertz CT molecular complexity index is 1160. The molecular formula is C24H27N5O5. The smallest absolute Gasteiger partial charge is 0.259 e. The van der Waals surface area contributed by atoms with Gasteiger partial charge in [-0.15, -0.1) is 0 Å². The number of aliphatic imine (C=N–C) groups is 1. The van der Waals surface area contributed by atoms with Crippen LogP contribution < -0.4 is 16.0 Å². The van der Waals surface area contributed by atoms with Crippen molar-refractivity contribution in [3.05, 3.63) is 59.2 Å². The largest absolute Gasteiger partial charge is 0.383 e. The number of aliphatic hydroxyl groups is 1. The summed E-state index contributed by atoms with van der Waals surface area (Å²) in [5.41, 5.74) is 9.29. The normalized spacial score (nSPS) is 18.2. The fourth-order valence-corrected chi connectivity index (χ4v) is 3.92. The monoisotopic (exact) mass is 465 g/mol. The lowest BCUT2D eigenvalue weighted by atomic mass is 10.1. The molecule has 0 unspecified atom stereocenters. The van der Waals surface area contributed by atoms with Crippen LogP contribution in [0.4, 0.5) is 11.4 Å². The van der Waals surface area contributed by atoms with Gasteiger partial charge < -0.3 is 30.7 Å². The molecule has 0 aromatic heterocycles. The third-order valence-electron chi connectivity index (χ3n) is 5.82. The highest BCUT2D eigenvalue weighted by Crippen LogP contribution is 2.24. The zero-order valence-corrected chi connectivity index (χ0v) is 19.0. The molecule has 2 aromatic rings. The second-order valence-electron chi connectivity index (χ2n) is 8.42. The van der Waals surface area contributed by atoms with E-state index in [1.165, 1.54) is 9.80 Å². The minimum atomic E-state index is -1.71. The molecule has 2 atom stereocenters. The van der Waals surface area contributed by atoms with E-state index in [4.69, 9.17) is 10.5 Å². The summed E-state index contributed by atoms with van der Waals surface area (Å²) >= 11 is 0. The van der Waals surface area contributed by atoms with Crippen LogP contribution in [0.1, 0.15) is 16.7 Å². The first-order valence-electron chi connectivity index (χ1n) is 10.9. The Kier molecular flexibility index (Phi) is 6.62. The molecule has 10 heteroatoms. The summed E-state index contributed by atoms with van der Waals surface area (Å²) in [6, 6.07) is 12.2. The molecule has 4 N–H and O–H groups in total. The average Bonchev–Trinajstić information content (AvgIpc) is 3.18. The van der Waals surface area contributed by atoms with E-state index in [9.17, 15) is 19.5 Å². The van der Waals surface area contributed by atoms with Gasteiger partial charge in [0, 0.05) is 37.6 Å². The molecule has 3 amide bonds. The number of morpholine rings is 1. The van der Waals surface area contributed by atoms with Crippen molar-refractivity contribution in [1.82, 2.24) is 4.90 Å². The van der Waals surface area contributed by atoms with Crippen molar-refractivity contribution >= 4 is 34.9 Å². The van der Waals surface area contributed by atoms with Crippen LogP contribution in [0.15, 0.2) is 47.5 Å². The first-order valence-corrected chi connectivity index (χ1v) is 10.9. The summed E-state index contributed by atoms with van der Waals surface area (Å²) in [6.45, 7) is 0.837. The average molecular weight is 466 g/mol. The van der Waals surface area contributed by atoms with Crippen molar-refractivity contribution in [2.24, 2.45) is 10.7 Å². The number of hydrogen-bond donors (Lipinski definition) is 3. The second-order valence-corrected chi connectivity index (χ2v) is 8.42. The first kappa shape index (κ1) is 23.4. The van der Waals surface area contributed by atoms with Crippen molar-refractivity contribution in [2.45, 2.75) is 25.2 Å². The molecule has 2 aliphatic rings. The molecule has 1 saturated heterocycles. The fraction of sp³-hybridized carbons (Fsp3) is 0.333. The number of aliphatic hydroxyl groups excluding tert-OH is 1. The molecule has 2 heterocycles. The van der Waals surface area contributed by atoms with E-state index in [-0.39, 0.29) is 25.5 Å². The number of carbonyl (C=O) groups excluding carboxylic acids is 3. The van der Waals surface area contributed by atoms with E-state index >= 15 is 0 Å². The van der Waals surface area contributed by atoms with E-state index in [0.29, 0.717) is 23.8 Å². The molecule has 34 heavy (non-hydrogen) atoms. The van der Waals surface area contributed by atoms with Gasteiger partial charge >= 0.3 is 0 Å². The van der Waals surface area contributed by atoms with Crippen LogP contribution in [0.3, 0.4) is 0 Å². The molecule has 0 bridgehead atoms. The van der Waals surface area contributed by atoms with E-state index in [0.717, 1.165) is 16.7 Å². The van der Waals surface area contributed by atoms with Gasteiger partial charge in [-0.1, -0.05) is 12.1 Å². The summed E-state index contributed by atoms with van der Waals surface area (Å²) in [6.07, 6.45) is -2.86. The van der Waals surface area contributed by atoms with Crippen LogP contribution >= 0.6 is 0 Å². The van der Waals surface area contributed by atoms with Gasteiger partial charge in [-0.2, -0.15) is 0 Å². The molecule has 0 aliphatic carbocycles. The molecule has 0 saturated carbocycles. The van der Waals surface area contributed by atoms with Crippen LogP contribution in [0, 0.1) is 0 Å². The van der Waals surface area contributed by atoms with Gasteiger partial charge in [-0.25, -0.2) is 0 Å². The quantitative estimate of drug-likeness (QED) is 0.560. The minimum Gasteiger partial charge on any atom is -0.383 e. The van der Waals surface area contributed by atoms with Gasteiger partial charge in [0.1, 0.15) is 5.84 Å². The number of nitrogens with two attached hydrogens (primary N) is 1. The number of benzene rings is 2. The SMILES string of the molecule is CN(C)C(=O)Cc1cccc(N2CCO[C@H]([C@@H](O)C(=O)Nc3ccc4c(c3)CN=C4N)C2=O)c1. The third-order valence-corrected chi connectivity index (χ3v) is 5.82. The maximum absolute atomic E-state index is 13.1. The van der Waals surface area contributed by atoms with Gasteiger partial charge in [-0.05, 0) is 41.5 Å². The summed E-state index contributed by atoms with van der Waals surface area (Å²) in [7, 11) is 3.36. The third kappa shape index (κ3) is 4.78. The van der Waals surface area contributed by atoms with Crippen LogP contribution in [0.5, 0.6) is 0 Å².